The average molecular weight is 250 g/mol. The number of likely N-dealkylation sites (tertiary alicyclic amines) is 1. The number of hydrogen-bond acceptors (Lipinski definition) is 4. The zero-order valence-electron chi connectivity index (χ0n) is 10.1. The molecule has 1 atom stereocenters. The predicted octanol–water partition coefficient (Wildman–Crippen LogP) is 1.28. The summed E-state index contributed by atoms with van der Waals surface area (Å²) in [7, 11) is 1.79. The molecule has 1 fully saturated rings. The van der Waals surface area contributed by atoms with Crippen LogP contribution in [0.1, 0.15) is 16.2 Å². The monoisotopic (exact) mass is 250 g/mol. The summed E-state index contributed by atoms with van der Waals surface area (Å²) >= 11 is 1.76. The molecule has 1 unspecified atom stereocenters. The van der Waals surface area contributed by atoms with E-state index < -0.39 is 0 Å². The van der Waals surface area contributed by atoms with E-state index in [2.05, 4.69) is 28.9 Å². The highest BCUT2D eigenvalue weighted by Gasteiger charge is 2.22. The molecule has 0 saturated carbocycles. The van der Waals surface area contributed by atoms with Crippen LogP contribution in [0.5, 0.6) is 0 Å². The van der Waals surface area contributed by atoms with Crippen LogP contribution < -0.4 is 5.73 Å². The zero-order valence-corrected chi connectivity index (χ0v) is 10.9. The van der Waals surface area contributed by atoms with Crippen LogP contribution in [0, 0.1) is 11.8 Å². The van der Waals surface area contributed by atoms with Gasteiger partial charge in [-0.05, 0) is 18.6 Å². The number of ether oxygens (including phenoxy) is 1. The van der Waals surface area contributed by atoms with E-state index in [0.717, 1.165) is 30.9 Å². The van der Waals surface area contributed by atoms with E-state index in [1.807, 2.05) is 0 Å². The van der Waals surface area contributed by atoms with Gasteiger partial charge in [-0.2, -0.15) is 0 Å². The molecule has 4 heteroatoms. The lowest BCUT2D eigenvalue weighted by atomic mass is 10.3. The van der Waals surface area contributed by atoms with Gasteiger partial charge in [0.05, 0.1) is 17.5 Å². The first-order chi connectivity index (χ1) is 8.31. The lowest BCUT2D eigenvalue weighted by molar-refractivity contribution is 0.107. The average Bonchev–Trinajstić information content (AvgIpc) is 2.96. The molecule has 0 spiro atoms. The maximum Gasteiger partial charge on any atom is 0.0772 e. The van der Waals surface area contributed by atoms with Gasteiger partial charge in [0.2, 0.25) is 0 Å². The third-order valence-electron chi connectivity index (χ3n) is 2.92. The van der Waals surface area contributed by atoms with Crippen LogP contribution in [-0.2, 0) is 11.3 Å². The van der Waals surface area contributed by atoms with Gasteiger partial charge in [-0.15, -0.1) is 11.3 Å². The van der Waals surface area contributed by atoms with Crippen LogP contribution in [-0.4, -0.2) is 37.7 Å². The third-order valence-corrected chi connectivity index (χ3v) is 3.90. The number of nitrogens with two attached hydrogens (primary N) is 1. The molecule has 3 nitrogen and oxygen atoms in total. The van der Waals surface area contributed by atoms with E-state index in [1.54, 1.807) is 18.4 Å². The van der Waals surface area contributed by atoms with Crippen molar-refractivity contribution in [1.82, 2.24) is 4.90 Å². The smallest absolute Gasteiger partial charge is 0.0772 e. The van der Waals surface area contributed by atoms with E-state index >= 15 is 0 Å². The van der Waals surface area contributed by atoms with Crippen molar-refractivity contribution in [1.29, 1.82) is 0 Å². The fourth-order valence-electron chi connectivity index (χ4n) is 2.02. The Kier molecular flexibility index (Phi) is 4.57. The van der Waals surface area contributed by atoms with Gasteiger partial charge in [-0.25, -0.2) is 0 Å². The van der Waals surface area contributed by atoms with Gasteiger partial charge in [-0.1, -0.05) is 11.8 Å². The normalized spacial score (nSPS) is 20.2. The molecular formula is C13H18N2OS. The van der Waals surface area contributed by atoms with Crippen molar-refractivity contribution < 1.29 is 4.74 Å². The Morgan fingerprint density at radius 1 is 1.59 bits per heavy atom. The summed E-state index contributed by atoms with van der Waals surface area (Å²) in [5.74, 6) is 5.95. The molecular weight excluding hydrogens is 232 g/mol. The van der Waals surface area contributed by atoms with Gasteiger partial charge in [0, 0.05) is 31.6 Å². The van der Waals surface area contributed by atoms with Crippen molar-refractivity contribution in [3.05, 3.63) is 21.9 Å². The second-order valence-corrected chi connectivity index (χ2v) is 5.32. The Bertz CT molecular complexity index is 419. The molecule has 0 radical (unpaired) electrons. The molecule has 0 amide bonds. The highest BCUT2D eigenvalue weighted by atomic mass is 32.1. The largest absolute Gasteiger partial charge is 0.380 e. The summed E-state index contributed by atoms with van der Waals surface area (Å²) in [4.78, 5) is 4.90. The molecule has 92 valence electrons. The number of hydrogen-bond donors (Lipinski definition) is 1. The van der Waals surface area contributed by atoms with Crippen molar-refractivity contribution in [3.63, 3.8) is 0 Å². The van der Waals surface area contributed by atoms with Gasteiger partial charge in [-0.3, -0.25) is 4.90 Å². The van der Waals surface area contributed by atoms with Gasteiger partial charge >= 0.3 is 0 Å². The van der Waals surface area contributed by atoms with Crippen molar-refractivity contribution in [2.45, 2.75) is 19.1 Å². The predicted molar refractivity (Wildman–Crippen MR) is 70.9 cm³/mol. The van der Waals surface area contributed by atoms with Crippen LogP contribution >= 0.6 is 11.3 Å². The molecule has 0 aliphatic carbocycles. The van der Waals surface area contributed by atoms with E-state index in [0.29, 0.717) is 12.6 Å². The molecule has 1 aliphatic heterocycles. The van der Waals surface area contributed by atoms with Crippen LogP contribution in [0.2, 0.25) is 0 Å². The topological polar surface area (TPSA) is 38.5 Å². The molecule has 1 aromatic heterocycles. The quantitative estimate of drug-likeness (QED) is 0.821. The van der Waals surface area contributed by atoms with Gasteiger partial charge < -0.3 is 10.5 Å². The first-order valence-corrected chi connectivity index (χ1v) is 6.66. The highest BCUT2D eigenvalue weighted by Crippen LogP contribution is 2.20. The van der Waals surface area contributed by atoms with E-state index in [9.17, 15) is 0 Å². The molecule has 1 aromatic rings. The van der Waals surface area contributed by atoms with Crippen LogP contribution in [0.25, 0.3) is 0 Å². The van der Waals surface area contributed by atoms with E-state index in [-0.39, 0.29) is 0 Å². The lowest BCUT2D eigenvalue weighted by Gasteiger charge is -2.13. The second kappa shape index (κ2) is 6.18. The molecule has 0 bridgehead atoms. The SMILES string of the molecule is COC1CCN(Cc2ccc(C#CCN)s2)C1. The van der Waals surface area contributed by atoms with Crippen molar-refractivity contribution in [3.8, 4) is 11.8 Å². The van der Waals surface area contributed by atoms with Gasteiger partial charge in [0.15, 0.2) is 0 Å². The standard InChI is InChI=1S/C13H18N2OS/c1-16-11-6-8-15(9-11)10-13-5-4-12(17-13)3-2-7-14/h4-5,11H,6-10,14H2,1H3. The fraction of sp³-hybridized carbons (Fsp3) is 0.538. The van der Waals surface area contributed by atoms with Crippen LogP contribution in [0.4, 0.5) is 0 Å². The minimum Gasteiger partial charge on any atom is -0.380 e. The summed E-state index contributed by atoms with van der Waals surface area (Å²) in [6.45, 7) is 3.60. The Morgan fingerprint density at radius 3 is 3.18 bits per heavy atom. The molecule has 1 aliphatic rings. The first-order valence-electron chi connectivity index (χ1n) is 5.84. The summed E-state index contributed by atoms with van der Waals surface area (Å²) in [5.41, 5.74) is 5.35. The number of methoxy groups -OCH3 is 1. The lowest BCUT2D eigenvalue weighted by Crippen LogP contribution is -2.21. The summed E-state index contributed by atoms with van der Waals surface area (Å²) < 4.78 is 5.36. The zero-order chi connectivity index (χ0) is 12.1. The summed E-state index contributed by atoms with van der Waals surface area (Å²) in [6.07, 6.45) is 1.55. The number of thiophene rings is 1. The molecule has 0 aromatic carbocycles. The molecule has 2 rings (SSSR count). The number of rotatable bonds is 3. The van der Waals surface area contributed by atoms with Crippen LogP contribution in [0.3, 0.4) is 0 Å². The maximum absolute atomic E-state index is 5.36. The third kappa shape index (κ3) is 3.55. The maximum atomic E-state index is 5.36. The molecule has 2 N–H and O–H groups in total. The van der Waals surface area contributed by atoms with E-state index in [4.69, 9.17) is 10.5 Å². The molecule has 2 heterocycles. The Labute approximate surface area is 107 Å². The van der Waals surface area contributed by atoms with Crippen LogP contribution in [0.15, 0.2) is 12.1 Å². The van der Waals surface area contributed by atoms with Crippen molar-refractivity contribution in [2.75, 3.05) is 26.7 Å². The Morgan fingerprint density at radius 2 is 2.47 bits per heavy atom. The first kappa shape index (κ1) is 12.6. The minimum atomic E-state index is 0.409. The molecule has 17 heavy (non-hydrogen) atoms. The van der Waals surface area contributed by atoms with E-state index in [1.165, 1.54) is 4.88 Å². The second-order valence-electron chi connectivity index (χ2n) is 4.15. The van der Waals surface area contributed by atoms with Crippen molar-refractivity contribution in [2.24, 2.45) is 5.73 Å². The van der Waals surface area contributed by atoms with Gasteiger partial charge in [0.1, 0.15) is 0 Å². The number of nitrogens with zero attached hydrogens (tertiary/aromatic N) is 1. The summed E-state index contributed by atoms with van der Waals surface area (Å²) in [5, 5.41) is 0. The summed E-state index contributed by atoms with van der Waals surface area (Å²) in [6, 6.07) is 4.23. The highest BCUT2D eigenvalue weighted by molar-refractivity contribution is 7.12. The molecule has 1 saturated heterocycles. The minimum absolute atomic E-state index is 0.409. The Balaban J connectivity index is 1.89. The van der Waals surface area contributed by atoms with Crippen molar-refractivity contribution >= 4 is 11.3 Å². The van der Waals surface area contributed by atoms with Gasteiger partial charge in [0.25, 0.3) is 0 Å². The fourth-order valence-corrected chi connectivity index (χ4v) is 2.95. The Hall–Kier alpha value is -0.860.